The first kappa shape index (κ1) is 35.1. The summed E-state index contributed by atoms with van der Waals surface area (Å²) in [5.74, 6) is 1.18. The number of aliphatic imine (C=N–C) groups is 2. The van der Waals surface area contributed by atoms with Crippen molar-refractivity contribution < 1.29 is 23.8 Å². The number of aromatic amines is 1. The van der Waals surface area contributed by atoms with Crippen molar-refractivity contribution in [2.24, 2.45) is 15.9 Å². The molecule has 2 amide bonds. The number of amides is 2. The first-order valence-electron chi connectivity index (χ1n) is 17.5. The highest BCUT2D eigenvalue weighted by Crippen LogP contribution is 2.31. The van der Waals surface area contributed by atoms with Gasteiger partial charge >= 0.3 is 6.09 Å². The molecular formula is C38H50N4O5Si. The third-order valence-electron chi connectivity index (χ3n) is 9.90. The maximum absolute atomic E-state index is 13.3. The minimum Gasteiger partial charge on any atom is -0.480 e. The first-order valence-corrected chi connectivity index (χ1v) is 20.1. The Kier molecular flexibility index (Phi) is 11.2. The Morgan fingerprint density at radius 2 is 1.69 bits per heavy atom. The summed E-state index contributed by atoms with van der Waals surface area (Å²) in [6, 6.07) is 18.2. The third kappa shape index (κ3) is 6.99. The first-order chi connectivity index (χ1) is 23.2. The number of nitrogens with one attached hydrogen (secondary N) is 1. The van der Waals surface area contributed by atoms with E-state index in [2.05, 4.69) is 51.7 Å². The van der Waals surface area contributed by atoms with E-state index in [1.165, 1.54) is 21.9 Å². The predicted molar refractivity (Wildman–Crippen MR) is 196 cm³/mol. The van der Waals surface area contributed by atoms with Gasteiger partial charge in [-0.1, -0.05) is 95.2 Å². The summed E-state index contributed by atoms with van der Waals surface area (Å²) in [4.78, 5) is 41.1. The molecule has 3 aromatic rings. The Morgan fingerprint density at radius 3 is 2.33 bits per heavy atom. The van der Waals surface area contributed by atoms with E-state index >= 15 is 0 Å². The number of H-pyrrole nitrogens is 1. The standard InChI is InChI=1S/C38H50N4O5Si/c1-8-45-35-31(39-36(46-9-2)34(41-35)25(6)7)23-29-28-20-18-26(22-30(28)40-37(29)48(10-3,11-4)12-5)19-21-33(43)42-32(24-47-38(42)44)27-16-14-13-15-17-27/h13-22,25,31-32,34,40H,8-12,23-24H2,1-7H3/b21-19+/t31-,32+,34+/m0/s1. The molecule has 10 heteroatoms. The van der Waals surface area contributed by atoms with Crippen molar-refractivity contribution in [1.82, 2.24) is 9.88 Å². The Balaban J connectivity index is 1.51. The Bertz CT molecular complexity index is 1680. The molecule has 1 N–H and O–H groups in total. The second-order valence-electron chi connectivity index (χ2n) is 12.9. The fourth-order valence-electron chi connectivity index (χ4n) is 7.03. The lowest BCUT2D eigenvalue weighted by molar-refractivity contribution is -0.124. The predicted octanol–water partition coefficient (Wildman–Crippen LogP) is 7.44. The quantitative estimate of drug-likeness (QED) is 0.159. The molecular weight excluding hydrogens is 621 g/mol. The summed E-state index contributed by atoms with van der Waals surface area (Å²) in [5.41, 5.74) is 4.01. The highest BCUT2D eigenvalue weighted by Gasteiger charge is 2.39. The monoisotopic (exact) mass is 670 g/mol. The van der Waals surface area contributed by atoms with E-state index < -0.39 is 26.1 Å². The maximum Gasteiger partial charge on any atom is 0.417 e. The van der Waals surface area contributed by atoms with E-state index in [0.717, 1.165) is 40.2 Å². The van der Waals surface area contributed by atoms with Gasteiger partial charge < -0.3 is 19.2 Å². The summed E-state index contributed by atoms with van der Waals surface area (Å²) in [6.45, 7) is 16.4. The molecule has 5 rings (SSSR count). The van der Waals surface area contributed by atoms with E-state index in [4.69, 9.17) is 24.2 Å². The van der Waals surface area contributed by atoms with Gasteiger partial charge in [0.15, 0.2) is 0 Å². The number of ether oxygens (including phenoxy) is 3. The van der Waals surface area contributed by atoms with Crippen LogP contribution in [0.5, 0.6) is 0 Å². The largest absolute Gasteiger partial charge is 0.480 e. The molecule has 3 atom stereocenters. The molecule has 0 saturated carbocycles. The Labute approximate surface area is 285 Å². The second-order valence-corrected chi connectivity index (χ2v) is 18.1. The van der Waals surface area contributed by atoms with Gasteiger partial charge in [0.1, 0.15) is 32.8 Å². The lowest BCUT2D eigenvalue weighted by atomic mass is 9.99. The van der Waals surface area contributed by atoms with Crippen LogP contribution in [0.15, 0.2) is 64.6 Å². The van der Waals surface area contributed by atoms with Gasteiger partial charge in [0.25, 0.3) is 5.91 Å². The van der Waals surface area contributed by atoms with Gasteiger partial charge in [0, 0.05) is 28.7 Å². The number of aromatic nitrogens is 1. The number of nitrogens with zero attached hydrogens (tertiary/aromatic N) is 3. The van der Waals surface area contributed by atoms with Crippen molar-refractivity contribution in [3.8, 4) is 0 Å². The van der Waals surface area contributed by atoms with Gasteiger partial charge in [0.2, 0.25) is 11.8 Å². The zero-order valence-electron chi connectivity index (χ0n) is 29.4. The van der Waals surface area contributed by atoms with Crippen LogP contribution in [0.25, 0.3) is 17.0 Å². The van der Waals surface area contributed by atoms with Crippen LogP contribution in [0.3, 0.4) is 0 Å². The second kappa shape index (κ2) is 15.4. The summed E-state index contributed by atoms with van der Waals surface area (Å²) >= 11 is 0. The zero-order valence-corrected chi connectivity index (χ0v) is 30.4. The SMILES string of the molecule is CCOC1=N[C@H](C(C)C)C(OCC)=N[C@H]1Cc1c([Si](CC)(CC)CC)[nH]c2cc(/C=C/C(=O)N3C(=O)OC[C@@H]3c3ccccc3)ccc12. The average molecular weight is 671 g/mol. The van der Waals surface area contributed by atoms with Crippen molar-refractivity contribution in [3.63, 3.8) is 0 Å². The molecule has 1 aromatic heterocycles. The molecule has 1 saturated heterocycles. The molecule has 3 heterocycles. The summed E-state index contributed by atoms with van der Waals surface area (Å²) < 4.78 is 17.4. The summed E-state index contributed by atoms with van der Waals surface area (Å²) in [6.07, 6.45) is 3.25. The van der Waals surface area contributed by atoms with E-state index in [9.17, 15) is 9.59 Å². The number of cyclic esters (lactones) is 1. The van der Waals surface area contributed by atoms with Crippen molar-refractivity contribution in [2.75, 3.05) is 19.8 Å². The van der Waals surface area contributed by atoms with Crippen LogP contribution in [-0.2, 0) is 25.4 Å². The molecule has 2 aliphatic heterocycles. The van der Waals surface area contributed by atoms with Crippen molar-refractivity contribution in [3.05, 3.63) is 71.3 Å². The highest BCUT2D eigenvalue weighted by molar-refractivity contribution is 6.91. The molecule has 9 nitrogen and oxygen atoms in total. The van der Waals surface area contributed by atoms with Crippen LogP contribution in [0.4, 0.5) is 4.79 Å². The molecule has 0 radical (unpaired) electrons. The van der Waals surface area contributed by atoms with Gasteiger partial charge in [-0.25, -0.2) is 19.7 Å². The van der Waals surface area contributed by atoms with Crippen LogP contribution in [0.2, 0.25) is 18.1 Å². The third-order valence-corrected chi connectivity index (χ3v) is 15.5. The van der Waals surface area contributed by atoms with Gasteiger partial charge in [-0.05, 0) is 48.6 Å². The molecule has 0 spiro atoms. The fraction of sp³-hybridized carbons (Fsp3) is 0.474. The molecule has 1 fully saturated rings. The molecule has 48 heavy (non-hydrogen) atoms. The van der Waals surface area contributed by atoms with Crippen LogP contribution < -0.4 is 5.32 Å². The topological polar surface area (TPSA) is 106 Å². The Morgan fingerprint density at radius 1 is 1.00 bits per heavy atom. The molecule has 256 valence electrons. The van der Waals surface area contributed by atoms with Gasteiger partial charge in [0.05, 0.1) is 13.2 Å². The van der Waals surface area contributed by atoms with E-state index in [1.54, 1.807) is 6.08 Å². The van der Waals surface area contributed by atoms with Crippen molar-refractivity contribution in [2.45, 2.75) is 91.1 Å². The summed E-state index contributed by atoms with van der Waals surface area (Å²) in [5, 5.41) is 2.49. The molecule has 0 aliphatic carbocycles. The van der Waals surface area contributed by atoms with E-state index in [1.807, 2.05) is 50.2 Å². The minimum atomic E-state index is -1.88. The van der Waals surface area contributed by atoms with Gasteiger partial charge in [-0.15, -0.1) is 0 Å². The number of benzene rings is 2. The smallest absolute Gasteiger partial charge is 0.417 e. The zero-order chi connectivity index (χ0) is 34.4. The number of carbonyl (C=O) groups is 2. The fourth-order valence-corrected chi connectivity index (χ4v) is 10.9. The van der Waals surface area contributed by atoms with Crippen molar-refractivity contribution in [1.29, 1.82) is 0 Å². The summed E-state index contributed by atoms with van der Waals surface area (Å²) in [7, 11) is -1.88. The number of hydrogen-bond donors (Lipinski definition) is 1. The normalized spacial score (nSPS) is 20.0. The lowest BCUT2D eigenvalue weighted by Gasteiger charge is -2.31. The van der Waals surface area contributed by atoms with Crippen molar-refractivity contribution >= 4 is 54.2 Å². The van der Waals surface area contributed by atoms with Crippen LogP contribution in [0, 0.1) is 5.92 Å². The number of hydrogen-bond acceptors (Lipinski definition) is 7. The number of imide groups is 1. The van der Waals surface area contributed by atoms with Crippen LogP contribution in [0.1, 0.15) is 71.2 Å². The number of fused-ring (bicyclic) bond motifs is 1. The average Bonchev–Trinajstić information content (AvgIpc) is 3.66. The minimum absolute atomic E-state index is 0.144. The number of carbonyl (C=O) groups excluding carboxylic acids is 2. The molecule has 2 aliphatic rings. The molecule has 2 aromatic carbocycles. The van der Waals surface area contributed by atoms with Gasteiger partial charge in [-0.2, -0.15) is 0 Å². The van der Waals surface area contributed by atoms with E-state index in [0.29, 0.717) is 31.4 Å². The molecule has 0 bridgehead atoms. The number of rotatable bonds is 12. The van der Waals surface area contributed by atoms with Crippen LogP contribution >= 0.6 is 0 Å². The van der Waals surface area contributed by atoms with Gasteiger partial charge in [-0.3, -0.25) is 4.79 Å². The Hall–Kier alpha value is -4.18. The van der Waals surface area contributed by atoms with Crippen LogP contribution in [-0.4, -0.2) is 73.7 Å². The highest BCUT2D eigenvalue weighted by atomic mass is 28.3. The van der Waals surface area contributed by atoms with E-state index in [-0.39, 0.29) is 24.6 Å². The maximum atomic E-state index is 13.3. The lowest BCUT2D eigenvalue weighted by Crippen LogP contribution is -2.49. The molecule has 0 unspecified atom stereocenters.